The first-order valence-electron chi connectivity index (χ1n) is 7.95. The Morgan fingerprint density at radius 1 is 1.05 bits per heavy atom. The molecule has 1 aromatic carbocycles. The number of rotatable bonds is 3. The fourth-order valence-corrected chi connectivity index (χ4v) is 3.64. The number of benzene rings is 1. The Kier molecular flexibility index (Phi) is 4.81. The minimum absolute atomic E-state index is 0. The van der Waals surface area contributed by atoms with Crippen LogP contribution in [-0.2, 0) is 6.54 Å². The van der Waals surface area contributed by atoms with E-state index >= 15 is 0 Å². The number of nitrogens with zero attached hydrogens (tertiary/aromatic N) is 3. The maximum Gasteiger partial charge on any atom is 0.0649 e. The van der Waals surface area contributed by atoms with Gasteiger partial charge in [-0.25, -0.2) is 4.68 Å². The summed E-state index contributed by atoms with van der Waals surface area (Å²) in [6, 6.07) is 14.0. The smallest absolute Gasteiger partial charge is 0.0649 e. The highest BCUT2D eigenvalue weighted by atomic mass is 35.5. The summed E-state index contributed by atoms with van der Waals surface area (Å²) in [6.45, 7) is 3.34. The number of aromatic nitrogens is 2. The van der Waals surface area contributed by atoms with Crippen molar-refractivity contribution in [2.24, 2.45) is 0 Å². The van der Waals surface area contributed by atoms with E-state index in [0.29, 0.717) is 6.04 Å². The van der Waals surface area contributed by atoms with Crippen molar-refractivity contribution in [1.29, 1.82) is 0 Å². The Labute approximate surface area is 137 Å². The van der Waals surface area contributed by atoms with Gasteiger partial charge in [-0.2, -0.15) is 5.10 Å². The number of halogens is 1. The minimum atomic E-state index is 0. The van der Waals surface area contributed by atoms with Crippen molar-refractivity contribution in [3.05, 3.63) is 48.3 Å². The van der Waals surface area contributed by atoms with Crippen molar-refractivity contribution in [2.75, 3.05) is 13.1 Å². The van der Waals surface area contributed by atoms with Gasteiger partial charge >= 0.3 is 0 Å². The summed E-state index contributed by atoms with van der Waals surface area (Å²) >= 11 is 0. The maximum absolute atomic E-state index is 4.50. The molecule has 2 aromatic rings. The standard InChI is InChI=1S/C17H22N4.ClH/c1-2-4-16(5-3-1)21-17(8-10-18-21)13-20-11-9-14-6-7-15(12-20)19-14;/h1-5,8,10,14-15,19H,6-7,9,11-13H2;1H. The lowest BCUT2D eigenvalue weighted by atomic mass is 10.1. The highest BCUT2D eigenvalue weighted by Crippen LogP contribution is 2.22. The monoisotopic (exact) mass is 318 g/mol. The number of nitrogens with one attached hydrogen (secondary N) is 1. The van der Waals surface area contributed by atoms with Crippen molar-refractivity contribution in [3.63, 3.8) is 0 Å². The first-order valence-corrected chi connectivity index (χ1v) is 7.95. The van der Waals surface area contributed by atoms with Crippen LogP contribution in [0.15, 0.2) is 42.6 Å². The third-order valence-electron chi connectivity index (χ3n) is 4.71. The van der Waals surface area contributed by atoms with E-state index in [9.17, 15) is 0 Å². The molecule has 0 radical (unpaired) electrons. The van der Waals surface area contributed by atoms with Crippen LogP contribution in [0.25, 0.3) is 5.69 Å². The average Bonchev–Trinajstić information content (AvgIpc) is 3.09. The summed E-state index contributed by atoms with van der Waals surface area (Å²) in [5.41, 5.74) is 2.42. The first-order chi connectivity index (χ1) is 10.4. The van der Waals surface area contributed by atoms with Gasteiger partial charge in [0.15, 0.2) is 0 Å². The second-order valence-corrected chi connectivity index (χ2v) is 6.23. The van der Waals surface area contributed by atoms with Crippen LogP contribution >= 0.6 is 12.4 Å². The van der Waals surface area contributed by atoms with Crippen LogP contribution in [0.5, 0.6) is 0 Å². The molecule has 4 nitrogen and oxygen atoms in total. The molecule has 1 N–H and O–H groups in total. The van der Waals surface area contributed by atoms with Crippen LogP contribution < -0.4 is 5.32 Å². The van der Waals surface area contributed by atoms with E-state index in [0.717, 1.165) is 24.8 Å². The van der Waals surface area contributed by atoms with Gasteiger partial charge in [0.05, 0.1) is 11.4 Å². The summed E-state index contributed by atoms with van der Waals surface area (Å²) in [7, 11) is 0. The normalized spacial score (nSPS) is 24.7. The predicted molar refractivity (Wildman–Crippen MR) is 90.7 cm³/mol. The molecule has 4 rings (SSSR count). The van der Waals surface area contributed by atoms with E-state index in [4.69, 9.17) is 0 Å². The molecule has 0 aliphatic carbocycles. The number of para-hydroxylation sites is 1. The van der Waals surface area contributed by atoms with Crippen molar-refractivity contribution in [1.82, 2.24) is 20.0 Å². The van der Waals surface area contributed by atoms with Gasteiger partial charge in [0.2, 0.25) is 0 Å². The largest absolute Gasteiger partial charge is 0.310 e. The highest BCUT2D eigenvalue weighted by molar-refractivity contribution is 5.85. The van der Waals surface area contributed by atoms with Gasteiger partial charge in [-0.05, 0) is 37.5 Å². The Balaban J connectivity index is 0.00000144. The Hall–Kier alpha value is -1.36. The lowest BCUT2D eigenvalue weighted by molar-refractivity contribution is 0.246. The van der Waals surface area contributed by atoms with Crippen LogP contribution in [-0.4, -0.2) is 39.9 Å². The van der Waals surface area contributed by atoms with E-state index in [1.54, 1.807) is 0 Å². The SMILES string of the molecule is Cl.c1ccc(-n2nccc2CN2CCC3CCC(C2)N3)cc1. The molecule has 22 heavy (non-hydrogen) atoms. The highest BCUT2D eigenvalue weighted by Gasteiger charge is 2.29. The number of fused-ring (bicyclic) bond motifs is 2. The molecule has 0 spiro atoms. The molecule has 0 saturated carbocycles. The minimum Gasteiger partial charge on any atom is -0.310 e. The zero-order chi connectivity index (χ0) is 14.1. The molecular weight excluding hydrogens is 296 g/mol. The van der Waals surface area contributed by atoms with Gasteiger partial charge in [0.1, 0.15) is 0 Å². The van der Waals surface area contributed by atoms with Crippen LogP contribution in [0.2, 0.25) is 0 Å². The van der Waals surface area contributed by atoms with Gasteiger partial charge in [-0.15, -0.1) is 12.4 Å². The first kappa shape index (κ1) is 15.5. The molecule has 2 aliphatic heterocycles. The lowest BCUT2D eigenvalue weighted by Gasteiger charge is -2.24. The Morgan fingerprint density at radius 3 is 2.73 bits per heavy atom. The molecule has 3 heterocycles. The predicted octanol–water partition coefficient (Wildman–Crippen LogP) is 2.62. The van der Waals surface area contributed by atoms with Crippen LogP contribution in [0.4, 0.5) is 0 Å². The molecule has 2 aliphatic rings. The van der Waals surface area contributed by atoms with Crippen LogP contribution in [0.1, 0.15) is 25.0 Å². The Morgan fingerprint density at radius 2 is 1.86 bits per heavy atom. The summed E-state index contributed by atoms with van der Waals surface area (Å²) in [5, 5.41) is 8.24. The second kappa shape index (κ2) is 6.82. The van der Waals surface area contributed by atoms with Crippen molar-refractivity contribution in [3.8, 4) is 5.69 Å². The topological polar surface area (TPSA) is 33.1 Å². The quantitative estimate of drug-likeness (QED) is 0.944. The van der Waals surface area contributed by atoms with Crippen LogP contribution in [0.3, 0.4) is 0 Å². The molecule has 5 heteroatoms. The molecule has 2 unspecified atom stereocenters. The molecular formula is C17H23ClN4. The van der Waals surface area contributed by atoms with Gasteiger partial charge in [0, 0.05) is 37.9 Å². The van der Waals surface area contributed by atoms with Gasteiger partial charge < -0.3 is 5.32 Å². The van der Waals surface area contributed by atoms with Gasteiger partial charge in [-0.1, -0.05) is 18.2 Å². The van der Waals surface area contributed by atoms with Gasteiger partial charge in [0.25, 0.3) is 0 Å². The number of likely N-dealkylation sites (tertiary alicyclic amines) is 1. The Bertz CT molecular complexity index is 598. The van der Waals surface area contributed by atoms with Crippen molar-refractivity contribution >= 4 is 12.4 Å². The lowest BCUT2D eigenvalue weighted by Crippen LogP contribution is -2.35. The van der Waals surface area contributed by atoms with E-state index < -0.39 is 0 Å². The molecule has 0 amide bonds. The molecule has 2 fully saturated rings. The van der Waals surface area contributed by atoms with Crippen molar-refractivity contribution < 1.29 is 0 Å². The number of hydrogen-bond donors (Lipinski definition) is 1. The zero-order valence-corrected chi connectivity index (χ0v) is 13.5. The van der Waals surface area contributed by atoms with E-state index in [1.165, 1.54) is 31.5 Å². The van der Waals surface area contributed by atoms with E-state index in [2.05, 4.69) is 50.3 Å². The van der Waals surface area contributed by atoms with Gasteiger partial charge in [-0.3, -0.25) is 4.90 Å². The molecule has 2 atom stereocenters. The summed E-state index contributed by atoms with van der Waals surface area (Å²) in [6.07, 6.45) is 5.88. The fourth-order valence-electron chi connectivity index (χ4n) is 3.64. The third kappa shape index (κ3) is 3.19. The zero-order valence-electron chi connectivity index (χ0n) is 12.7. The molecule has 118 valence electrons. The molecule has 2 bridgehead atoms. The average molecular weight is 319 g/mol. The summed E-state index contributed by atoms with van der Waals surface area (Å²) in [4.78, 5) is 2.58. The summed E-state index contributed by atoms with van der Waals surface area (Å²) < 4.78 is 2.07. The van der Waals surface area contributed by atoms with E-state index in [1.807, 2.05) is 12.3 Å². The molecule has 1 aromatic heterocycles. The van der Waals surface area contributed by atoms with E-state index in [-0.39, 0.29) is 12.4 Å². The summed E-state index contributed by atoms with van der Waals surface area (Å²) in [5.74, 6) is 0. The van der Waals surface area contributed by atoms with Crippen molar-refractivity contribution in [2.45, 2.75) is 37.9 Å². The number of hydrogen-bond acceptors (Lipinski definition) is 3. The maximum atomic E-state index is 4.50. The second-order valence-electron chi connectivity index (χ2n) is 6.23. The van der Waals surface area contributed by atoms with Crippen LogP contribution in [0, 0.1) is 0 Å². The fraction of sp³-hybridized carbons (Fsp3) is 0.471. The third-order valence-corrected chi connectivity index (χ3v) is 4.71. The molecule has 2 saturated heterocycles.